The predicted molar refractivity (Wildman–Crippen MR) is 85.1 cm³/mol. The summed E-state index contributed by atoms with van der Waals surface area (Å²) in [6.45, 7) is 6.61. The summed E-state index contributed by atoms with van der Waals surface area (Å²) >= 11 is 0. The zero-order chi connectivity index (χ0) is 14.4. The zero-order valence-electron chi connectivity index (χ0n) is 13.0. The van der Waals surface area contributed by atoms with Crippen LogP contribution in [0, 0.1) is 5.41 Å². The van der Waals surface area contributed by atoms with Crippen LogP contribution in [0.2, 0.25) is 0 Å². The number of fused-ring (bicyclic) bond motifs is 1. The Labute approximate surface area is 123 Å². The summed E-state index contributed by atoms with van der Waals surface area (Å²) in [7, 11) is 0. The minimum absolute atomic E-state index is 0.0637. The molecule has 112 valence electrons. The summed E-state index contributed by atoms with van der Waals surface area (Å²) < 4.78 is 0. The lowest BCUT2D eigenvalue weighted by atomic mass is 9.81. The van der Waals surface area contributed by atoms with Crippen molar-refractivity contribution >= 4 is 0 Å². The SMILES string of the molecule is CCC(CC)(CO)CNCC1CCCc2ccccc21. The van der Waals surface area contributed by atoms with E-state index in [0.29, 0.717) is 5.92 Å². The second kappa shape index (κ2) is 7.24. The van der Waals surface area contributed by atoms with Gasteiger partial charge in [0.2, 0.25) is 0 Å². The van der Waals surface area contributed by atoms with Gasteiger partial charge in [-0.1, -0.05) is 38.1 Å². The average Bonchev–Trinajstić information content (AvgIpc) is 2.52. The third-order valence-corrected chi connectivity index (χ3v) is 5.22. The van der Waals surface area contributed by atoms with Crippen molar-refractivity contribution in [1.82, 2.24) is 5.32 Å². The second-order valence-corrected chi connectivity index (χ2v) is 6.28. The summed E-state index contributed by atoms with van der Waals surface area (Å²) in [5.41, 5.74) is 3.13. The van der Waals surface area contributed by atoms with Crippen molar-refractivity contribution in [2.24, 2.45) is 5.41 Å². The van der Waals surface area contributed by atoms with Crippen molar-refractivity contribution in [3.05, 3.63) is 35.4 Å². The molecule has 0 aromatic heterocycles. The highest BCUT2D eigenvalue weighted by atomic mass is 16.3. The molecule has 0 amide bonds. The van der Waals surface area contributed by atoms with Crippen molar-refractivity contribution in [3.8, 4) is 0 Å². The molecule has 0 radical (unpaired) electrons. The minimum atomic E-state index is 0.0637. The molecule has 2 N–H and O–H groups in total. The van der Waals surface area contributed by atoms with Crippen molar-refractivity contribution < 1.29 is 5.11 Å². The fourth-order valence-corrected chi connectivity index (χ4v) is 3.36. The molecule has 0 fully saturated rings. The topological polar surface area (TPSA) is 32.3 Å². The first-order chi connectivity index (χ1) is 9.74. The third-order valence-electron chi connectivity index (χ3n) is 5.22. The number of benzene rings is 1. The molecule has 0 saturated carbocycles. The van der Waals surface area contributed by atoms with Crippen LogP contribution in [0.3, 0.4) is 0 Å². The molecule has 1 unspecified atom stereocenters. The summed E-state index contributed by atoms with van der Waals surface area (Å²) in [5, 5.41) is 13.3. The highest BCUT2D eigenvalue weighted by molar-refractivity contribution is 5.32. The number of rotatable bonds is 7. The van der Waals surface area contributed by atoms with E-state index in [1.165, 1.54) is 30.4 Å². The molecule has 20 heavy (non-hydrogen) atoms. The summed E-state index contributed by atoms with van der Waals surface area (Å²) in [4.78, 5) is 0. The van der Waals surface area contributed by atoms with Gasteiger partial charge < -0.3 is 10.4 Å². The van der Waals surface area contributed by atoms with E-state index in [0.717, 1.165) is 25.9 Å². The Kier molecular flexibility index (Phi) is 5.62. The Morgan fingerprint density at radius 2 is 2.00 bits per heavy atom. The summed E-state index contributed by atoms with van der Waals surface area (Å²) in [6.07, 6.45) is 5.89. The molecule has 0 heterocycles. The summed E-state index contributed by atoms with van der Waals surface area (Å²) in [5.74, 6) is 0.644. The maximum absolute atomic E-state index is 9.63. The lowest BCUT2D eigenvalue weighted by Crippen LogP contribution is -2.38. The first kappa shape index (κ1) is 15.5. The summed E-state index contributed by atoms with van der Waals surface area (Å²) in [6, 6.07) is 8.88. The molecule has 1 aromatic carbocycles. The van der Waals surface area contributed by atoms with E-state index < -0.39 is 0 Å². The standard InChI is InChI=1S/C18H29NO/c1-3-18(4-2,14-20)13-19-12-16-10-7-9-15-8-5-6-11-17(15)16/h5-6,8,11,16,19-20H,3-4,7,9-10,12-14H2,1-2H3. The maximum atomic E-state index is 9.63. The van der Waals surface area contributed by atoms with E-state index in [1.54, 1.807) is 0 Å². The lowest BCUT2D eigenvalue weighted by molar-refractivity contribution is 0.113. The van der Waals surface area contributed by atoms with Gasteiger partial charge in [-0.15, -0.1) is 0 Å². The van der Waals surface area contributed by atoms with Crippen LogP contribution in [0.15, 0.2) is 24.3 Å². The lowest BCUT2D eigenvalue weighted by Gasteiger charge is -2.32. The molecule has 2 nitrogen and oxygen atoms in total. The molecule has 1 atom stereocenters. The number of aliphatic hydroxyl groups is 1. The van der Waals surface area contributed by atoms with E-state index >= 15 is 0 Å². The largest absolute Gasteiger partial charge is 0.396 e. The van der Waals surface area contributed by atoms with Gasteiger partial charge in [0.15, 0.2) is 0 Å². The Hall–Kier alpha value is -0.860. The third kappa shape index (κ3) is 3.42. The van der Waals surface area contributed by atoms with Crippen LogP contribution in [0.25, 0.3) is 0 Å². The highest BCUT2D eigenvalue weighted by Gasteiger charge is 2.26. The number of aryl methyl sites for hydroxylation is 1. The fourth-order valence-electron chi connectivity index (χ4n) is 3.36. The van der Waals surface area contributed by atoms with Crippen LogP contribution in [0.1, 0.15) is 56.6 Å². The van der Waals surface area contributed by atoms with Crippen LogP contribution in [-0.4, -0.2) is 24.8 Å². The van der Waals surface area contributed by atoms with Gasteiger partial charge >= 0.3 is 0 Å². The van der Waals surface area contributed by atoms with Gasteiger partial charge in [-0.2, -0.15) is 0 Å². The van der Waals surface area contributed by atoms with Gasteiger partial charge in [0.25, 0.3) is 0 Å². The number of nitrogens with one attached hydrogen (secondary N) is 1. The van der Waals surface area contributed by atoms with Gasteiger partial charge in [-0.25, -0.2) is 0 Å². The molecule has 0 saturated heterocycles. The average molecular weight is 275 g/mol. The van der Waals surface area contributed by atoms with Crippen LogP contribution >= 0.6 is 0 Å². The van der Waals surface area contributed by atoms with E-state index in [-0.39, 0.29) is 12.0 Å². The molecule has 1 aromatic rings. The number of hydrogen-bond donors (Lipinski definition) is 2. The van der Waals surface area contributed by atoms with Crippen molar-refractivity contribution in [1.29, 1.82) is 0 Å². The minimum Gasteiger partial charge on any atom is -0.396 e. The maximum Gasteiger partial charge on any atom is 0.0499 e. The van der Waals surface area contributed by atoms with Gasteiger partial charge in [0, 0.05) is 25.1 Å². The Morgan fingerprint density at radius 1 is 1.25 bits per heavy atom. The van der Waals surface area contributed by atoms with E-state index in [1.807, 2.05) is 0 Å². The molecule has 2 rings (SSSR count). The van der Waals surface area contributed by atoms with Gasteiger partial charge in [0.05, 0.1) is 0 Å². The van der Waals surface area contributed by atoms with Gasteiger partial charge in [-0.05, 0) is 49.1 Å². The molecule has 0 aliphatic heterocycles. The molecule has 1 aliphatic carbocycles. The first-order valence-electron chi connectivity index (χ1n) is 8.14. The molecular formula is C18H29NO. The fraction of sp³-hybridized carbons (Fsp3) is 0.667. The van der Waals surface area contributed by atoms with Crippen LogP contribution in [0.5, 0.6) is 0 Å². The predicted octanol–water partition coefficient (Wildman–Crippen LogP) is 3.49. The van der Waals surface area contributed by atoms with Gasteiger partial charge in [-0.3, -0.25) is 0 Å². The van der Waals surface area contributed by atoms with Crippen molar-refractivity contribution in [2.45, 2.75) is 51.9 Å². The highest BCUT2D eigenvalue weighted by Crippen LogP contribution is 2.31. The molecule has 2 heteroatoms. The molecular weight excluding hydrogens is 246 g/mol. The van der Waals surface area contributed by atoms with Crippen molar-refractivity contribution in [2.75, 3.05) is 19.7 Å². The van der Waals surface area contributed by atoms with Crippen LogP contribution < -0.4 is 5.32 Å². The van der Waals surface area contributed by atoms with Crippen molar-refractivity contribution in [3.63, 3.8) is 0 Å². The second-order valence-electron chi connectivity index (χ2n) is 6.28. The Balaban J connectivity index is 1.92. The first-order valence-corrected chi connectivity index (χ1v) is 8.14. The Morgan fingerprint density at radius 3 is 2.70 bits per heavy atom. The molecule has 1 aliphatic rings. The van der Waals surface area contributed by atoms with E-state index in [4.69, 9.17) is 0 Å². The Bertz CT molecular complexity index is 403. The van der Waals surface area contributed by atoms with E-state index in [9.17, 15) is 5.11 Å². The smallest absolute Gasteiger partial charge is 0.0499 e. The quantitative estimate of drug-likeness (QED) is 0.798. The van der Waals surface area contributed by atoms with E-state index in [2.05, 4.69) is 43.4 Å². The number of hydrogen-bond acceptors (Lipinski definition) is 2. The molecule has 0 bridgehead atoms. The van der Waals surface area contributed by atoms with Gasteiger partial charge in [0.1, 0.15) is 0 Å². The number of aliphatic hydroxyl groups excluding tert-OH is 1. The van der Waals surface area contributed by atoms with Crippen LogP contribution in [-0.2, 0) is 6.42 Å². The normalized spacial score (nSPS) is 18.9. The monoisotopic (exact) mass is 275 g/mol. The zero-order valence-corrected chi connectivity index (χ0v) is 13.0. The molecule has 0 spiro atoms. The van der Waals surface area contributed by atoms with Crippen LogP contribution in [0.4, 0.5) is 0 Å².